The molecular formula is C13H22N2OS. The van der Waals surface area contributed by atoms with E-state index in [2.05, 4.69) is 18.3 Å². The summed E-state index contributed by atoms with van der Waals surface area (Å²) < 4.78 is 0. The Morgan fingerprint density at radius 3 is 2.88 bits per heavy atom. The van der Waals surface area contributed by atoms with Crippen LogP contribution in [0.15, 0.2) is 0 Å². The van der Waals surface area contributed by atoms with E-state index >= 15 is 0 Å². The predicted molar refractivity (Wildman–Crippen MR) is 70.8 cm³/mol. The number of nitriles is 1. The Balaban J connectivity index is 1.78. The Bertz CT molecular complexity index is 300. The van der Waals surface area contributed by atoms with Gasteiger partial charge >= 0.3 is 0 Å². The first-order valence-corrected chi connectivity index (χ1v) is 7.64. The smallest absolute Gasteiger partial charge is 0.108 e. The Hall–Kier alpha value is -0.240. The van der Waals surface area contributed by atoms with Crippen LogP contribution >= 0.6 is 11.8 Å². The maximum absolute atomic E-state index is 9.37. The lowest BCUT2D eigenvalue weighted by atomic mass is 10.00. The molecule has 0 spiro atoms. The van der Waals surface area contributed by atoms with E-state index in [-0.39, 0.29) is 12.1 Å². The average molecular weight is 254 g/mol. The molecule has 0 amide bonds. The van der Waals surface area contributed by atoms with Crippen molar-refractivity contribution in [2.45, 2.75) is 55.9 Å². The van der Waals surface area contributed by atoms with Gasteiger partial charge in [0.1, 0.15) is 5.54 Å². The molecule has 0 aromatic rings. The Kier molecular flexibility index (Phi) is 4.35. The number of rotatable bonds is 6. The van der Waals surface area contributed by atoms with Gasteiger partial charge in [0.2, 0.25) is 0 Å². The van der Waals surface area contributed by atoms with Crippen molar-refractivity contribution in [2.75, 3.05) is 12.4 Å². The van der Waals surface area contributed by atoms with Gasteiger partial charge < -0.3 is 5.11 Å². The van der Waals surface area contributed by atoms with Crippen LogP contribution in [0.1, 0.15) is 39.0 Å². The summed E-state index contributed by atoms with van der Waals surface area (Å²) in [5.74, 6) is 1.38. The standard InChI is InChI=1S/C13H22N2OS/c1-10(7-16)8-17-12-4-5-13(6-12,9-14)15-11-2-3-11/h10-12,15-16H,2-8H2,1H3. The highest BCUT2D eigenvalue weighted by molar-refractivity contribution is 7.99. The van der Waals surface area contributed by atoms with Gasteiger partial charge in [0.15, 0.2) is 0 Å². The molecule has 2 aliphatic rings. The summed E-state index contributed by atoms with van der Waals surface area (Å²) in [5, 5.41) is 22.5. The molecule has 2 N–H and O–H groups in total. The van der Waals surface area contributed by atoms with Crippen molar-refractivity contribution < 1.29 is 5.11 Å². The zero-order valence-corrected chi connectivity index (χ0v) is 11.3. The molecule has 0 aromatic heterocycles. The predicted octanol–water partition coefficient (Wildman–Crippen LogP) is 1.91. The second-order valence-electron chi connectivity index (χ2n) is 5.60. The fraction of sp³-hybridized carbons (Fsp3) is 0.923. The van der Waals surface area contributed by atoms with E-state index in [9.17, 15) is 5.26 Å². The van der Waals surface area contributed by atoms with E-state index in [4.69, 9.17) is 5.11 Å². The molecule has 0 bridgehead atoms. The molecule has 2 rings (SSSR count). The fourth-order valence-electron chi connectivity index (χ4n) is 2.38. The van der Waals surface area contributed by atoms with E-state index in [0.29, 0.717) is 17.2 Å². The highest BCUT2D eigenvalue weighted by Crippen LogP contribution is 2.39. The summed E-state index contributed by atoms with van der Waals surface area (Å²) in [6.07, 6.45) is 5.58. The summed E-state index contributed by atoms with van der Waals surface area (Å²) in [5.41, 5.74) is -0.249. The third kappa shape index (κ3) is 3.61. The monoisotopic (exact) mass is 254 g/mol. The first-order chi connectivity index (χ1) is 8.17. The van der Waals surface area contributed by atoms with E-state index in [1.165, 1.54) is 12.8 Å². The minimum absolute atomic E-state index is 0.249. The van der Waals surface area contributed by atoms with Gasteiger partial charge in [-0.25, -0.2) is 0 Å². The maximum Gasteiger partial charge on any atom is 0.108 e. The molecule has 0 saturated heterocycles. The van der Waals surface area contributed by atoms with Gasteiger partial charge in [-0.2, -0.15) is 17.0 Å². The van der Waals surface area contributed by atoms with Crippen molar-refractivity contribution in [2.24, 2.45) is 5.92 Å². The van der Waals surface area contributed by atoms with Crippen LogP contribution in [0.5, 0.6) is 0 Å². The summed E-state index contributed by atoms with van der Waals surface area (Å²) in [6, 6.07) is 3.11. The number of aliphatic hydroxyl groups excluding tert-OH is 1. The maximum atomic E-state index is 9.37. The van der Waals surface area contributed by atoms with Crippen molar-refractivity contribution in [3.05, 3.63) is 0 Å². The summed E-state index contributed by atoms with van der Waals surface area (Å²) in [6.45, 7) is 2.34. The van der Waals surface area contributed by atoms with Crippen LogP contribution in [0.4, 0.5) is 0 Å². The second kappa shape index (κ2) is 5.60. The normalized spacial score (nSPS) is 34.5. The van der Waals surface area contributed by atoms with Crippen molar-refractivity contribution >= 4 is 11.8 Å². The van der Waals surface area contributed by atoms with E-state index in [1.807, 2.05) is 11.8 Å². The number of aliphatic hydroxyl groups is 1. The van der Waals surface area contributed by atoms with Crippen LogP contribution in [0.2, 0.25) is 0 Å². The van der Waals surface area contributed by atoms with Gasteiger partial charge in [-0.3, -0.25) is 5.32 Å². The molecule has 3 nitrogen and oxygen atoms in total. The third-order valence-corrected chi connectivity index (χ3v) is 5.30. The molecule has 0 radical (unpaired) electrons. The molecule has 4 heteroatoms. The van der Waals surface area contributed by atoms with E-state index in [0.717, 1.165) is 25.0 Å². The molecule has 2 saturated carbocycles. The van der Waals surface area contributed by atoms with Crippen LogP contribution in [0.3, 0.4) is 0 Å². The largest absolute Gasteiger partial charge is 0.396 e. The number of nitrogens with zero attached hydrogens (tertiary/aromatic N) is 1. The number of hydrogen-bond donors (Lipinski definition) is 2. The van der Waals surface area contributed by atoms with Crippen LogP contribution < -0.4 is 5.32 Å². The molecule has 2 fully saturated rings. The van der Waals surface area contributed by atoms with Crippen molar-refractivity contribution in [1.82, 2.24) is 5.32 Å². The van der Waals surface area contributed by atoms with Crippen LogP contribution in [-0.4, -0.2) is 34.3 Å². The van der Waals surface area contributed by atoms with Crippen LogP contribution in [0, 0.1) is 17.2 Å². The Morgan fingerprint density at radius 1 is 1.53 bits per heavy atom. The summed E-state index contributed by atoms with van der Waals surface area (Å²) in [4.78, 5) is 0. The molecule has 17 heavy (non-hydrogen) atoms. The van der Waals surface area contributed by atoms with Gasteiger partial charge in [-0.15, -0.1) is 0 Å². The van der Waals surface area contributed by atoms with E-state index in [1.54, 1.807) is 0 Å². The zero-order valence-electron chi connectivity index (χ0n) is 10.5. The van der Waals surface area contributed by atoms with Gasteiger partial charge in [-0.1, -0.05) is 6.92 Å². The lowest BCUT2D eigenvalue weighted by molar-refractivity contribution is 0.250. The third-order valence-electron chi connectivity index (χ3n) is 3.67. The van der Waals surface area contributed by atoms with Crippen LogP contribution in [0.25, 0.3) is 0 Å². The first kappa shape index (κ1) is 13.2. The molecule has 96 valence electrons. The SMILES string of the molecule is CC(CO)CSC1CCC(C#N)(NC2CC2)C1. The number of nitrogens with one attached hydrogen (secondary N) is 1. The zero-order chi connectivity index (χ0) is 12.3. The number of hydrogen-bond acceptors (Lipinski definition) is 4. The fourth-order valence-corrected chi connectivity index (χ4v) is 3.77. The molecule has 3 unspecified atom stereocenters. The molecule has 0 aliphatic heterocycles. The average Bonchev–Trinajstić information content (AvgIpc) is 3.05. The minimum atomic E-state index is -0.249. The van der Waals surface area contributed by atoms with Gasteiger partial charge in [0.25, 0.3) is 0 Å². The highest BCUT2D eigenvalue weighted by atomic mass is 32.2. The van der Waals surface area contributed by atoms with Crippen molar-refractivity contribution in [3.8, 4) is 6.07 Å². The van der Waals surface area contributed by atoms with Crippen molar-refractivity contribution in [1.29, 1.82) is 5.26 Å². The quantitative estimate of drug-likeness (QED) is 0.760. The number of thioether (sulfide) groups is 1. The first-order valence-electron chi connectivity index (χ1n) is 6.59. The highest BCUT2D eigenvalue weighted by Gasteiger charge is 2.42. The Labute approximate surface area is 108 Å². The van der Waals surface area contributed by atoms with E-state index < -0.39 is 0 Å². The molecule has 0 heterocycles. The second-order valence-corrected chi connectivity index (χ2v) is 6.93. The molecule has 3 atom stereocenters. The lowest BCUT2D eigenvalue weighted by Gasteiger charge is -2.22. The van der Waals surface area contributed by atoms with Gasteiger partial charge in [-0.05, 0) is 43.8 Å². The molecule has 0 aromatic carbocycles. The van der Waals surface area contributed by atoms with Gasteiger partial charge in [0, 0.05) is 17.9 Å². The minimum Gasteiger partial charge on any atom is -0.396 e. The lowest BCUT2D eigenvalue weighted by Crippen LogP contribution is -2.43. The summed E-state index contributed by atoms with van der Waals surface area (Å²) >= 11 is 1.93. The summed E-state index contributed by atoms with van der Waals surface area (Å²) in [7, 11) is 0. The Morgan fingerprint density at radius 2 is 2.29 bits per heavy atom. The molecular weight excluding hydrogens is 232 g/mol. The van der Waals surface area contributed by atoms with Gasteiger partial charge in [0.05, 0.1) is 6.07 Å². The topological polar surface area (TPSA) is 56.0 Å². The van der Waals surface area contributed by atoms with Crippen LogP contribution in [-0.2, 0) is 0 Å². The van der Waals surface area contributed by atoms with Crippen molar-refractivity contribution in [3.63, 3.8) is 0 Å². The molecule has 2 aliphatic carbocycles.